The lowest BCUT2D eigenvalue weighted by Crippen LogP contribution is -2.50. The molecule has 116 valence electrons. The lowest BCUT2D eigenvalue weighted by atomic mass is 9.93. The molecule has 0 aromatic heterocycles. The molecule has 4 heteroatoms. The van der Waals surface area contributed by atoms with E-state index in [0.717, 1.165) is 25.9 Å². The topological polar surface area (TPSA) is 44.4 Å². The Morgan fingerprint density at radius 1 is 1.25 bits per heavy atom. The molecule has 0 aromatic rings. The summed E-state index contributed by atoms with van der Waals surface area (Å²) in [5.41, 5.74) is 0. The van der Waals surface area contributed by atoms with Gasteiger partial charge in [0.25, 0.3) is 0 Å². The maximum absolute atomic E-state index is 12.2. The Morgan fingerprint density at radius 2 is 1.95 bits per heavy atom. The minimum absolute atomic E-state index is 0.0518. The highest BCUT2D eigenvalue weighted by Crippen LogP contribution is 2.22. The fourth-order valence-corrected chi connectivity index (χ4v) is 3.74. The summed E-state index contributed by atoms with van der Waals surface area (Å²) in [6.45, 7) is 8.77. The number of hydrogen-bond donors (Lipinski definition) is 2. The third kappa shape index (κ3) is 3.95. The van der Waals surface area contributed by atoms with Gasteiger partial charge < -0.3 is 10.6 Å². The van der Waals surface area contributed by atoms with Crippen molar-refractivity contribution in [3.8, 4) is 0 Å². The van der Waals surface area contributed by atoms with Gasteiger partial charge in [0.05, 0.1) is 6.04 Å². The summed E-state index contributed by atoms with van der Waals surface area (Å²) >= 11 is 0. The molecule has 0 saturated carbocycles. The maximum Gasteiger partial charge on any atom is 0.237 e. The second-order valence-corrected chi connectivity index (χ2v) is 6.28. The van der Waals surface area contributed by atoms with Gasteiger partial charge in [-0.3, -0.25) is 9.69 Å². The van der Waals surface area contributed by atoms with Crippen LogP contribution in [-0.4, -0.2) is 49.1 Å². The third-order valence-corrected chi connectivity index (χ3v) is 5.06. The van der Waals surface area contributed by atoms with Crippen molar-refractivity contribution in [3.63, 3.8) is 0 Å². The van der Waals surface area contributed by atoms with E-state index >= 15 is 0 Å². The average Bonchev–Trinajstić information content (AvgIpc) is 3.15. The molecule has 0 aliphatic carbocycles. The van der Waals surface area contributed by atoms with E-state index in [1.165, 1.54) is 38.8 Å². The summed E-state index contributed by atoms with van der Waals surface area (Å²) in [6.07, 6.45) is 7.15. The minimum Gasteiger partial charge on any atom is -0.353 e. The van der Waals surface area contributed by atoms with Gasteiger partial charge in [0.15, 0.2) is 0 Å². The van der Waals surface area contributed by atoms with E-state index < -0.39 is 0 Å². The average molecular weight is 281 g/mol. The van der Waals surface area contributed by atoms with Crippen molar-refractivity contribution in [2.45, 2.75) is 64.5 Å². The van der Waals surface area contributed by atoms with E-state index in [-0.39, 0.29) is 11.9 Å². The van der Waals surface area contributed by atoms with Crippen molar-refractivity contribution in [1.82, 2.24) is 15.5 Å². The molecule has 0 bridgehead atoms. The Labute approximate surface area is 123 Å². The molecule has 20 heavy (non-hydrogen) atoms. The highest BCUT2D eigenvalue weighted by Gasteiger charge is 2.29. The predicted molar refractivity (Wildman–Crippen MR) is 82.7 cm³/mol. The summed E-state index contributed by atoms with van der Waals surface area (Å²) in [5.74, 6) is 0.905. The Balaban J connectivity index is 1.87. The standard InChI is InChI=1S/C16H31N3O/c1-3-13(4-2)15(19-10-5-6-11-19)12-18-16(20)14-8-7-9-17-14/h13-15,17H,3-12H2,1-2H3,(H,18,20)/t14-,15?/m0/s1. The van der Waals surface area contributed by atoms with Crippen molar-refractivity contribution in [2.75, 3.05) is 26.2 Å². The summed E-state index contributed by atoms with van der Waals surface area (Å²) in [4.78, 5) is 14.8. The molecule has 4 nitrogen and oxygen atoms in total. The van der Waals surface area contributed by atoms with Gasteiger partial charge in [-0.15, -0.1) is 0 Å². The first kappa shape index (κ1) is 15.8. The van der Waals surface area contributed by atoms with E-state index in [1.54, 1.807) is 0 Å². The Bertz CT molecular complexity index is 290. The highest BCUT2D eigenvalue weighted by atomic mass is 16.2. The fraction of sp³-hybridized carbons (Fsp3) is 0.938. The summed E-state index contributed by atoms with van der Waals surface area (Å²) in [5, 5.41) is 6.49. The first-order valence-corrected chi connectivity index (χ1v) is 8.51. The van der Waals surface area contributed by atoms with Gasteiger partial charge in [-0.1, -0.05) is 26.7 Å². The van der Waals surface area contributed by atoms with Gasteiger partial charge in [0, 0.05) is 12.6 Å². The van der Waals surface area contributed by atoms with Crippen LogP contribution >= 0.6 is 0 Å². The van der Waals surface area contributed by atoms with E-state index in [9.17, 15) is 4.79 Å². The van der Waals surface area contributed by atoms with Crippen LogP contribution in [0.15, 0.2) is 0 Å². The van der Waals surface area contributed by atoms with E-state index in [2.05, 4.69) is 29.4 Å². The number of rotatable bonds is 7. The molecule has 2 rings (SSSR count). The Kier molecular flexibility index (Phi) is 6.30. The van der Waals surface area contributed by atoms with Gasteiger partial charge in [-0.2, -0.15) is 0 Å². The molecule has 0 spiro atoms. The molecule has 2 N–H and O–H groups in total. The quantitative estimate of drug-likeness (QED) is 0.747. The smallest absolute Gasteiger partial charge is 0.237 e. The van der Waals surface area contributed by atoms with Gasteiger partial charge >= 0.3 is 0 Å². The maximum atomic E-state index is 12.2. The molecule has 2 atom stereocenters. The highest BCUT2D eigenvalue weighted by molar-refractivity contribution is 5.82. The van der Waals surface area contributed by atoms with Crippen LogP contribution < -0.4 is 10.6 Å². The summed E-state index contributed by atoms with van der Waals surface area (Å²) < 4.78 is 0. The van der Waals surface area contributed by atoms with Gasteiger partial charge in [-0.25, -0.2) is 0 Å². The first-order valence-electron chi connectivity index (χ1n) is 8.51. The van der Waals surface area contributed by atoms with Crippen LogP contribution in [0.3, 0.4) is 0 Å². The Morgan fingerprint density at radius 3 is 2.50 bits per heavy atom. The Hall–Kier alpha value is -0.610. The third-order valence-electron chi connectivity index (χ3n) is 5.06. The number of carbonyl (C=O) groups is 1. The number of nitrogens with one attached hydrogen (secondary N) is 2. The number of amides is 1. The van der Waals surface area contributed by atoms with Crippen LogP contribution in [0.4, 0.5) is 0 Å². The van der Waals surface area contributed by atoms with Crippen molar-refractivity contribution >= 4 is 5.91 Å². The fourth-order valence-electron chi connectivity index (χ4n) is 3.74. The molecular formula is C16H31N3O. The minimum atomic E-state index is 0.0518. The molecule has 2 saturated heterocycles. The summed E-state index contributed by atoms with van der Waals surface area (Å²) in [7, 11) is 0. The van der Waals surface area contributed by atoms with Gasteiger partial charge in [-0.05, 0) is 51.2 Å². The van der Waals surface area contributed by atoms with Gasteiger partial charge in [0.2, 0.25) is 5.91 Å². The van der Waals surface area contributed by atoms with E-state index in [0.29, 0.717) is 12.0 Å². The van der Waals surface area contributed by atoms with Crippen LogP contribution in [0.5, 0.6) is 0 Å². The predicted octanol–water partition coefficient (Wildman–Crippen LogP) is 1.76. The molecule has 0 aromatic carbocycles. The normalized spacial score (nSPS) is 25.2. The lowest BCUT2D eigenvalue weighted by Gasteiger charge is -2.34. The molecule has 2 fully saturated rings. The lowest BCUT2D eigenvalue weighted by molar-refractivity contribution is -0.123. The van der Waals surface area contributed by atoms with Crippen molar-refractivity contribution in [2.24, 2.45) is 5.92 Å². The van der Waals surface area contributed by atoms with Crippen molar-refractivity contribution in [1.29, 1.82) is 0 Å². The van der Waals surface area contributed by atoms with E-state index in [4.69, 9.17) is 0 Å². The second-order valence-electron chi connectivity index (χ2n) is 6.28. The number of nitrogens with zero attached hydrogens (tertiary/aromatic N) is 1. The van der Waals surface area contributed by atoms with Crippen LogP contribution in [0.2, 0.25) is 0 Å². The van der Waals surface area contributed by atoms with Crippen LogP contribution in [0, 0.1) is 5.92 Å². The monoisotopic (exact) mass is 281 g/mol. The van der Waals surface area contributed by atoms with E-state index in [1.807, 2.05) is 0 Å². The van der Waals surface area contributed by atoms with Crippen molar-refractivity contribution < 1.29 is 4.79 Å². The zero-order valence-electron chi connectivity index (χ0n) is 13.2. The molecule has 1 amide bonds. The van der Waals surface area contributed by atoms with Crippen LogP contribution in [0.1, 0.15) is 52.4 Å². The first-order chi connectivity index (χ1) is 9.76. The zero-order valence-corrected chi connectivity index (χ0v) is 13.2. The summed E-state index contributed by atoms with van der Waals surface area (Å²) in [6, 6.07) is 0.578. The number of hydrogen-bond acceptors (Lipinski definition) is 3. The van der Waals surface area contributed by atoms with Crippen LogP contribution in [-0.2, 0) is 4.79 Å². The van der Waals surface area contributed by atoms with Crippen LogP contribution in [0.25, 0.3) is 0 Å². The molecular weight excluding hydrogens is 250 g/mol. The molecule has 1 unspecified atom stereocenters. The molecule has 2 aliphatic heterocycles. The number of likely N-dealkylation sites (tertiary alicyclic amines) is 1. The molecule has 2 heterocycles. The largest absolute Gasteiger partial charge is 0.353 e. The molecule has 2 aliphatic rings. The van der Waals surface area contributed by atoms with Gasteiger partial charge in [0.1, 0.15) is 0 Å². The van der Waals surface area contributed by atoms with Crippen molar-refractivity contribution in [3.05, 3.63) is 0 Å². The number of carbonyl (C=O) groups excluding carboxylic acids is 1. The second kappa shape index (κ2) is 7.99. The SMILES string of the molecule is CCC(CC)C(CNC(=O)[C@@H]1CCCN1)N1CCCC1. The zero-order chi connectivity index (χ0) is 14.4. The molecule has 0 radical (unpaired) electrons.